The van der Waals surface area contributed by atoms with Crippen LogP contribution >= 0.6 is 0 Å². The zero-order valence-electron chi connectivity index (χ0n) is 13.0. The first-order valence-corrected chi connectivity index (χ1v) is 7.75. The molecule has 1 N–H and O–H groups in total. The van der Waals surface area contributed by atoms with E-state index in [4.69, 9.17) is 5.11 Å². The summed E-state index contributed by atoms with van der Waals surface area (Å²) in [6.07, 6.45) is 8.11. The van der Waals surface area contributed by atoms with E-state index in [1.807, 2.05) is 12.1 Å². The highest BCUT2D eigenvalue weighted by Crippen LogP contribution is 2.27. The van der Waals surface area contributed by atoms with Gasteiger partial charge in [0.15, 0.2) is 0 Å². The summed E-state index contributed by atoms with van der Waals surface area (Å²) in [4.78, 5) is 12.9. The van der Waals surface area contributed by atoms with Gasteiger partial charge in [-0.3, -0.25) is 4.90 Å². The number of rotatable bonds is 5. The smallest absolute Gasteiger partial charge is 0.328 e. The lowest BCUT2D eigenvalue weighted by Gasteiger charge is -2.34. The quantitative estimate of drug-likeness (QED) is 0.838. The number of carboxylic acid groups (broad SMARTS) is 1. The fraction of sp³-hybridized carbons (Fsp3) is 0.500. The molecular formula is C18H25NO2. The molecule has 21 heavy (non-hydrogen) atoms. The van der Waals surface area contributed by atoms with Crippen LogP contribution in [0.3, 0.4) is 0 Å². The molecule has 0 radical (unpaired) electrons. The molecule has 1 aromatic carbocycles. The Kier molecular flexibility index (Phi) is 5.57. The Morgan fingerprint density at radius 1 is 1.33 bits per heavy atom. The van der Waals surface area contributed by atoms with Crippen molar-refractivity contribution in [2.24, 2.45) is 5.92 Å². The van der Waals surface area contributed by atoms with Gasteiger partial charge in [-0.1, -0.05) is 44.0 Å². The summed E-state index contributed by atoms with van der Waals surface area (Å²) >= 11 is 0. The summed E-state index contributed by atoms with van der Waals surface area (Å²) in [5, 5.41) is 8.62. The number of carbonyl (C=O) groups is 1. The Morgan fingerprint density at radius 3 is 2.67 bits per heavy atom. The van der Waals surface area contributed by atoms with E-state index in [0.29, 0.717) is 6.04 Å². The summed E-state index contributed by atoms with van der Waals surface area (Å²) < 4.78 is 0. The van der Waals surface area contributed by atoms with E-state index in [1.165, 1.54) is 37.3 Å². The molecule has 1 aromatic rings. The molecule has 0 heterocycles. The van der Waals surface area contributed by atoms with Gasteiger partial charge in [0.25, 0.3) is 0 Å². The third-order valence-electron chi connectivity index (χ3n) is 4.36. The fourth-order valence-electron chi connectivity index (χ4n) is 3.12. The van der Waals surface area contributed by atoms with E-state index in [0.717, 1.165) is 18.0 Å². The van der Waals surface area contributed by atoms with E-state index < -0.39 is 5.97 Å². The van der Waals surface area contributed by atoms with Gasteiger partial charge in [-0.05, 0) is 43.0 Å². The fourth-order valence-corrected chi connectivity index (χ4v) is 3.12. The van der Waals surface area contributed by atoms with Crippen LogP contribution in [0, 0.1) is 5.92 Å². The summed E-state index contributed by atoms with van der Waals surface area (Å²) in [5.41, 5.74) is 2.21. The topological polar surface area (TPSA) is 40.5 Å². The summed E-state index contributed by atoms with van der Waals surface area (Å²) in [6, 6.07) is 8.83. The second-order valence-electron chi connectivity index (χ2n) is 6.25. The third kappa shape index (κ3) is 5.01. The van der Waals surface area contributed by atoms with Gasteiger partial charge in [-0.15, -0.1) is 0 Å². The van der Waals surface area contributed by atoms with Crippen molar-refractivity contribution in [3.05, 3.63) is 41.5 Å². The molecule has 2 rings (SSSR count). The predicted molar refractivity (Wildman–Crippen MR) is 86.0 cm³/mol. The molecule has 0 spiro atoms. The molecule has 1 fully saturated rings. The highest BCUT2D eigenvalue weighted by molar-refractivity contribution is 5.85. The first kappa shape index (κ1) is 15.8. The van der Waals surface area contributed by atoms with Crippen LogP contribution in [0.5, 0.6) is 0 Å². The normalized spacial score (nSPS) is 22.8. The molecule has 0 amide bonds. The Bertz CT molecular complexity index is 492. The molecule has 0 bridgehead atoms. The van der Waals surface area contributed by atoms with E-state index >= 15 is 0 Å². The number of benzene rings is 1. The van der Waals surface area contributed by atoms with Crippen LogP contribution in [0.1, 0.15) is 43.7 Å². The summed E-state index contributed by atoms with van der Waals surface area (Å²) in [7, 11) is 2.21. The Balaban J connectivity index is 1.91. The van der Waals surface area contributed by atoms with Gasteiger partial charge in [0.1, 0.15) is 0 Å². The minimum absolute atomic E-state index is 0.695. The van der Waals surface area contributed by atoms with E-state index in [1.54, 1.807) is 6.08 Å². The second kappa shape index (κ2) is 7.41. The van der Waals surface area contributed by atoms with Crippen molar-refractivity contribution in [1.29, 1.82) is 0 Å². The molecule has 2 atom stereocenters. The maximum absolute atomic E-state index is 10.5. The van der Waals surface area contributed by atoms with Crippen LogP contribution in [0.25, 0.3) is 6.08 Å². The molecule has 0 aliphatic heterocycles. The number of aliphatic carboxylic acids is 1. The highest BCUT2D eigenvalue weighted by Gasteiger charge is 2.22. The standard InChI is InChI=1S/C18H25NO2/c1-14-4-3-5-17(12-14)19(2)13-16-8-6-15(7-9-16)10-11-18(20)21/h6-11,14,17H,3-5,12-13H2,1-2H3,(H,20,21). The molecule has 0 aromatic heterocycles. The molecule has 1 aliphatic rings. The molecule has 3 heteroatoms. The average molecular weight is 287 g/mol. The van der Waals surface area contributed by atoms with E-state index in [2.05, 4.69) is 31.0 Å². The van der Waals surface area contributed by atoms with Gasteiger partial charge < -0.3 is 5.11 Å². The minimum Gasteiger partial charge on any atom is -0.478 e. The molecule has 0 saturated heterocycles. The number of hydrogen-bond acceptors (Lipinski definition) is 2. The van der Waals surface area contributed by atoms with Crippen molar-refractivity contribution in [2.45, 2.75) is 45.2 Å². The zero-order chi connectivity index (χ0) is 15.2. The number of carboxylic acids is 1. The molecule has 114 valence electrons. The van der Waals surface area contributed by atoms with Crippen molar-refractivity contribution in [2.75, 3.05) is 7.05 Å². The largest absolute Gasteiger partial charge is 0.478 e. The predicted octanol–water partition coefficient (Wildman–Crippen LogP) is 3.79. The Labute approximate surface area is 127 Å². The Hall–Kier alpha value is -1.61. The molecule has 3 nitrogen and oxygen atoms in total. The van der Waals surface area contributed by atoms with Crippen molar-refractivity contribution in [3.8, 4) is 0 Å². The average Bonchev–Trinajstić information content (AvgIpc) is 2.46. The summed E-state index contributed by atoms with van der Waals surface area (Å²) in [6.45, 7) is 3.31. The van der Waals surface area contributed by atoms with E-state index in [9.17, 15) is 4.79 Å². The van der Waals surface area contributed by atoms with Crippen molar-refractivity contribution >= 4 is 12.0 Å². The number of hydrogen-bond donors (Lipinski definition) is 1. The van der Waals surface area contributed by atoms with Crippen LogP contribution in [0.2, 0.25) is 0 Å². The summed E-state index contributed by atoms with van der Waals surface area (Å²) in [5.74, 6) is -0.0695. The monoisotopic (exact) mass is 287 g/mol. The van der Waals surface area contributed by atoms with Crippen LogP contribution < -0.4 is 0 Å². The maximum Gasteiger partial charge on any atom is 0.328 e. The lowest BCUT2D eigenvalue weighted by atomic mass is 9.86. The number of nitrogens with zero attached hydrogens (tertiary/aromatic N) is 1. The van der Waals surface area contributed by atoms with Crippen molar-refractivity contribution < 1.29 is 9.90 Å². The zero-order valence-corrected chi connectivity index (χ0v) is 13.0. The van der Waals surface area contributed by atoms with Gasteiger partial charge in [0.2, 0.25) is 0 Å². The van der Waals surface area contributed by atoms with Gasteiger partial charge in [-0.25, -0.2) is 4.79 Å². The molecule has 2 unspecified atom stereocenters. The van der Waals surface area contributed by atoms with Gasteiger partial charge in [0, 0.05) is 18.7 Å². The lowest BCUT2D eigenvalue weighted by molar-refractivity contribution is -0.131. The highest BCUT2D eigenvalue weighted by atomic mass is 16.4. The van der Waals surface area contributed by atoms with Crippen LogP contribution in [-0.2, 0) is 11.3 Å². The van der Waals surface area contributed by atoms with Gasteiger partial charge in [-0.2, -0.15) is 0 Å². The first-order chi connectivity index (χ1) is 10.0. The first-order valence-electron chi connectivity index (χ1n) is 7.75. The molecule has 1 aliphatic carbocycles. The van der Waals surface area contributed by atoms with Gasteiger partial charge in [0.05, 0.1) is 0 Å². The van der Waals surface area contributed by atoms with Crippen LogP contribution in [-0.4, -0.2) is 29.1 Å². The van der Waals surface area contributed by atoms with Crippen molar-refractivity contribution in [3.63, 3.8) is 0 Å². The minimum atomic E-state index is -0.912. The van der Waals surface area contributed by atoms with E-state index in [-0.39, 0.29) is 0 Å². The lowest BCUT2D eigenvalue weighted by Crippen LogP contribution is -2.35. The second-order valence-corrected chi connectivity index (χ2v) is 6.25. The molecular weight excluding hydrogens is 262 g/mol. The van der Waals surface area contributed by atoms with Crippen LogP contribution in [0.4, 0.5) is 0 Å². The third-order valence-corrected chi connectivity index (χ3v) is 4.36. The SMILES string of the molecule is CC1CCCC(N(C)Cc2ccc(C=CC(=O)O)cc2)C1. The maximum atomic E-state index is 10.5. The molecule has 1 saturated carbocycles. The van der Waals surface area contributed by atoms with Crippen molar-refractivity contribution in [1.82, 2.24) is 4.90 Å². The Morgan fingerprint density at radius 2 is 2.05 bits per heavy atom. The van der Waals surface area contributed by atoms with Crippen LogP contribution in [0.15, 0.2) is 30.3 Å². The van der Waals surface area contributed by atoms with Gasteiger partial charge >= 0.3 is 5.97 Å².